The lowest BCUT2D eigenvalue weighted by molar-refractivity contribution is -0.180. The van der Waals surface area contributed by atoms with Crippen molar-refractivity contribution in [2.75, 3.05) is 6.61 Å². The van der Waals surface area contributed by atoms with Crippen LogP contribution >= 0.6 is 0 Å². The summed E-state index contributed by atoms with van der Waals surface area (Å²) >= 11 is 0. The Morgan fingerprint density at radius 3 is 2.37 bits per heavy atom. The maximum atomic E-state index is 13.3. The molecular weight excluding hydrogens is 480 g/mol. The normalized spacial score (nSPS) is 16.4. The van der Waals surface area contributed by atoms with Crippen LogP contribution in [-0.2, 0) is 36.9 Å². The Morgan fingerprint density at radius 2 is 1.71 bits per heavy atom. The molecule has 38 heavy (non-hydrogen) atoms. The minimum Gasteiger partial charge on any atom is -0.461 e. The van der Waals surface area contributed by atoms with Crippen LogP contribution in [0.5, 0.6) is 0 Å². The van der Waals surface area contributed by atoms with Gasteiger partial charge in [0.25, 0.3) is 5.91 Å². The van der Waals surface area contributed by atoms with Crippen molar-refractivity contribution in [3.63, 3.8) is 0 Å². The molecule has 1 aliphatic rings. The molecular formula is C31H46N2O5. The number of nitrogens with one attached hydrogen (secondary N) is 2. The topological polar surface area (TPSA) is 85.9 Å². The van der Waals surface area contributed by atoms with E-state index in [9.17, 15) is 9.59 Å². The Balaban J connectivity index is 0.00000400. The van der Waals surface area contributed by atoms with E-state index in [1.807, 2.05) is 75.4 Å². The zero-order chi connectivity index (χ0) is 27.4. The molecule has 1 unspecified atom stereocenters. The van der Waals surface area contributed by atoms with Gasteiger partial charge in [0.15, 0.2) is 6.29 Å². The number of hydrogen-bond donors (Lipinski definition) is 2. The first kappa shape index (κ1) is 29.6. The molecule has 1 amide bonds. The number of rotatable bonds is 14. The van der Waals surface area contributed by atoms with E-state index in [0.717, 1.165) is 42.4 Å². The van der Waals surface area contributed by atoms with E-state index in [0.29, 0.717) is 25.5 Å². The van der Waals surface area contributed by atoms with Crippen LogP contribution in [0.1, 0.15) is 72.9 Å². The van der Waals surface area contributed by atoms with E-state index in [1.54, 1.807) is 13.0 Å². The zero-order valence-corrected chi connectivity index (χ0v) is 23.1. The Kier molecular flexibility index (Phi) is 11.5. The van der Waals surface area contributed by atoms with Gasteiger partial charge in [-0.2, -0.15) is 0 Å². The number of esters is 1. The number of carbonyl (C=O) groups is 2. The van der Waals surface area contributed by atoms with Gasteiger partial charge in [0, 0.05) is 21.9 Å². The third-order valence-electron chi connectivity index (χ3n) is 6.51. The van der Waals surface area contributed by atoms with Crippen molar-refractivity contribution >= 4 is 18.0 Å². The molecule has 1 fully saturated rings. The van der Waals surface area contributed by atoms with Crippen molar-refractivity contribution in [3.8, 4) is 0 Å². The van der Waals surface area contributed by atoms with Crippen molar-refractivity contribution in [1.29, 1.82) is 0 Å². The third-order valence-corrected chi connectivity index (χ3v) is 6.51. The van der Waals surface area contributed by atoms with Crippen LogP contribution in [0.4, 0.5) is 0 Å². The van der Waals surface area contributed by atoms with Crippen LogP contribution in [0.3, 0.4) is 0 Å². The van der Waals surface area contributed by atoms with Gasteiger partial charge in [-0.1, -0.05) is 68.4 Å². The first-order valence-corrected chi connectivity index (χ1v) is 13.6. The minimum atomic E-state index is -0.851. The summed E-state index contributed by atoms with van der Waals surface area (Å²) in [4.78, 5) is 30.5. The fourth-order valence-corrected chi connectivity index (χ4v) is 4.25. The molecule has 2 aromatic rings. The second kappa shape index (κ2) is 14.8. The molecule has 1 aliphatic carbocycles. The summed E-state index contributed by atoms with van der Waals surface area (Å²) in [7, 11) is 0. The number of ether oxygens (including phenoxy) is 2. The van der Waals surface area contributed by atoms with E-state index >= 15 is 0 Å². The second-order valence-electron chi connectivity index (χ2n) is 10.6. The average molecular weight is 527 g/mol. The molecule has 2 aromatic carbocycles. The standard InChI is InChI=1S/C31H42N2O5.2H2/c1-23(2)22-36-24(3)38-33-29(34)19-18-25-14-16-27(17-15-25)21-32-31(4,20-26-10-6-5-7-11-26)30(35)37-28-12-8-9-13-28;;/h5-7,10-11,14-19,23-24,28,32H,8-9,12-13,20-22H2,1-4H3,(H,33,34);2*1H/b19-18+;;/t24?,31-;;/m0../s1. The molecule has 210 valence electrons. The maximum Gasteiger partial charge on any atom is 0.326 e. The lowest BCUT2D eigenvalue weighted by atomic mass is 9.92. The summed E-state index contributed by atoms with van der Waals surface area (Å²) in [5, 5.41) is 3.46. The van der Waals surface area contributed by atoms with Crippen LogP contribution in [0.25, 0.3) is 6.08 Å². The molecule has 0 saturated heterocycles. The van der Waals surface area contributed by atoms with E-state index in [-0.39, 0.29) is 20.8 Å². The van der Waals surface area contributed by atoms with E-state index in [4.69, 9.17) is 14.3 Å². The van der Waals surface area contributed by atoms with Gasteiger partial charge in [0.1, 0.15) is 11.6 Å². The minimum absolute atomic E-state index is 0. The van der Waals surface area contributed by atoms with Gasteiger partial charge < -0.3 is 9.47 Å². The molecule has 2 atom stereocenters. The molecule has 7 heteroatoms. The summed E-state index contributed by atoms with van der Waals surface area (Å²) in [6, 6.07) is 17.8. The number of carbonyl (C=O) groups excluding carboxylic acids is 2. The number of amides is 1. The molecule has 7 nitrogen and oxygen atoms in total. The van der Waals surface area contributed by atoms with Crippen molar-refractivity contribution < 1.29 is 26.8 Å². The Labute approximate surface area is 229 Å². The molecule has 2 N–H and O–H groups in total. The fourth-order valence-electron chi connectivity index (χ4n) is 4.25. The summed E-state index contributed by atoms with van der Waals surface area (Å²) in [6.45, 7) is 8.81. The van der Waals surface area contributed by atoms with E-state index in [2.05, 4.69) is 10.8 Å². The highest BCUT2D eigenvalue weighted by Crippen LogP contribution is 2.24. The largest absolute Gasteiger partial charge is 0.461 e. The summed E-state index contributed by atoms with van der Waals surface area (Å²) in [5.74, 6) is -0.184. The molecule has 0 aliphatic heterocycles. The highest BCUT2D eigenvalue weighted by molar-refractivity contribution is 5.90. The predicted octanol–water partition coefficient (Wildman–Crippen LogP) is 5.84. The van der Waals surface area contributed by atoms with E-state index < -0.39 is 11.8 Å². The monoisotopic (exact) mass is 526 g/mol. The van der Waals surface area contributed by atoms with Crippen LogP contribution in [0.15, 0.2) is 60.7 Å². The van der Waals surface area contributed by atoms with Gasteiger partial charge in [0.05, 0.1) is 6.61 Å². The number of benzene rings is 2. The van der Waals surface area contributed by atoms with Gasteiger partial charge >= 0.3 is 5.97 Å². The van der Waals surface area contributed by atoms with Crippen molar-refractivity contribution in [1.82, 2.24) is 10.8 Å². The van der Waals surface area contributed by atoms with Gasteiger partial charge in [0.2, 0.25) is 0 Å². The Morgan fingerprint density at radius 1 is 1.03 bits per heavy atom. The predicted molar refractivity (Wildman–Crippen MR) is 153 cm³/mol. The van der Waals surface area contributed by atoms with Crippen molar-refractivity contribution in [3.05, 3.63) is 77.4 Å². The van der Waals surface area contributed by atoms with Gasteiger partial charge in [-0.05, 0) is 68.2 Å². The Hall–Kier alpha value is -3.00. The lowest BCUT2D eigenvalue weighted by Gasteiger charge is -2.30. The fraction of sp³-hybridized carbons (Fsp3) is 0.484. The van der Waals surface area contributed by atoms with Crippen LogP contribution in [-0.4, -0.2) is 36.4 Å². The molecule has 0 heterocycles. The smallest absolute Gasteiger partial charge is 0.326 e. The molecule has 0 radical (unpaired) electrons. The first-order valence-electron chi connectivity index (χ1n) is 13.6. The van der Waals surface area contributed by atoms with Gasteiger partial charge in [-0.3, -0.25) is 14.9 Å². The lowest BCUT2D eigenvalue weighted by Crippen LogP contribution is -2.52. The number of hydrogen-bond acceptors (Lipinski definition) is 6. The van der Waals surface area contributed by atoms with Crippen LogP contribution in [0.2, 0.25) is 0 Å². The average Bonchev–Trinajstić information content (AvgIpc) is 3.42. The molecule has 0 aromatic heterocycles. The first-order chi connectivity index (χ1) is 18.2. The highest BCUT2D eigenvalue weighted by atomic mass is 16.8. The second-order valence-corrected chi connectivity index (χ2v) is 10.6. The SMILES string of the molecule is CC(C)COC(C)ONC(=O)/C=C/c1ccc(CN[C@@](C)(Cc2ccccc2)C(=O)OC2CCCC2)cc1.[HH].[HH]. The molecule has 0 bridgehead atoms. The third kappa shape index (κ3) is 10.0. The zero-order valence-electron chi connectivity index (χ0n) is 23.1. The maximum absolute atomic E-state index is 13.3. The van der Waals surface area contributed by atoms with Crippen LogP contribution < -0.4 is 10.8 Å². The van der Waals surface area contributed by atoms with Gasteiger partial charge in [-0.15, -0.1) is 0 Å². The molecule has 3 rings (SSSR count). The van der Waals surface area contributed by atoms with Crippen LogP contribution in [0, 0.1) is 5.92 Å². The van der Waals surface area contributed by atoms with Crippen molar-refractivity contribution in [2.24, 2.45) is 5.92 Å². The van der Waals surface area contributed by atoms with E-state index in [1.165, 1.54) is 6.08 Å². The molecule has 1 saturated carbocycles. The highest BCUT2D eigenvalue weighted by Gasteiger charge is 2.36. The number of hydroxylamine groups is 1. The summed E-state index contributed by atoms with van der Waals surface area (Å²) < 4.78 is 11.4. The molecule has 0 spiro atoms. The summed E-state index contributed by atoms with van der Waals surface area (Å²) in [6.07, 6.45) is 7.28. The van der Waals surface area contributed by atoms with Gasteiger partial charge in [-0.25, -0.2) is 10.3 Å². The van der Waals surface area contributed by atoms with Crippen molar-refractivity contribution in [2.45, 2.75) is 84.3 Å². The summed E-state index contributed by atoms with van der Waals surface area (Å²) in [5.41, 5.74) is 4.51. The quantitative estimate of drug-likeness (QED) is 0.139. The Bertz CT molecular complexity index is 1040.